The van der Waals surface area contributed by atoms with Crippen molar-refractivity contribution in [3.8, 4) is 23.4 Å². The van der Waals surface area contributed by atoms with Crippen LogP contribution in [0.25, 0.3) is 0 Å². The van der Waals surface area contributed by atoms with Crippen LogP contribution in [0.3, 0.4) is 0 Å². The Labute approximate surface area is 196 Å². The molecule has 0 saturated heterocycles. The number of fused-ring (bicyclic) bond motifs is 1. The Balaban J connectivity index is 1.73. The third-order valence-electron chi connectivity index (χ3n) is 5.03. The smallest absolute Gasteiger partial charge is 0.244 e. The zero-order valence-corrected chi connectivity index (χ0v) is 19.9. The van der Waals surface area contributed by atoms with Crippen molar-refractivity contribution in [3.63, 3.8) is 0 Å². The normalized spacial score (nSPS) is 15.1. The van der Waals surface area contributed by atoms with E-state index < -0.39 is 5.92 Å². The molecular formula is C22H18Br2N4O3. The maximum Gasteiger partial charge on any atom is 0.244 e. The molecular weight excluding hydrogens is 528 g/mol. The lowest BCUT2D eigenvalue weighted by Gasteiger charge is -2.25. The van der Waals surface area contributed by atoms with E-state index in [0.29, 0.717) is 29.6 Å². The lowest BCUT2D eigenvalue weighted by Crippen LogP contribution is -2.21. The molecule has 1 atom stereocenters. The average molecular weight is 546 g/mol. The third kappa shape index (κ3) is 4.01. The molecule has 3 aromatic rings. The van der Waals surface area contributed by atoms with E-state index in [1.54, 1.807) is 7.11 Å². The van der Waals surface area contributed by atoms with Gasteiger partial charge >= 0.3 is 0 Å². The average Bonchev–Trinajstić information content (AvgIpc) is 3.12. The van der Waals surface area contributed by atoms with E-state index in [-0.39, 0.29) is 5.88 Å². The molecule has 158 valence electrons. The summed E-state index contributed by atoms with van der Waals surface area (Å²) in [5, 5.41) is 16.8. The Morgan fingerprint density at radius 3 is 2.65 bits per heavy atom. The van der Waals surface area contributed by atoms with Gasteiger partial charge in [-0.1, -0.05) is 44.0 Å². The van der Waals surface area contributed by atoms with E-state index in [9.17, 15) is 5.26 Å². The van der Waals surface area contributed by atoms with Crippen LogP contribution in [0, 0.1) is 18.3 Å². The van der Waals surface area contributed by atoms with Crippen molar-refractivity contribution in [3.05, 3.63) is 79.2 Å². The number of halogens is 2. The number of ether oxygens (including phenoxy) is 3. The molecule has 1 aromatic heterocycles. The predicted molar refractivity (Wildman–Crippen MR) is 122 cm³/mol. The highest BCUT2D eigenvalue weighted by Gasteiger charge is 2.36. The minimum absolute atomic E-state index is 0.0351. The molecule has 0 spiro atoms. The first-order chi connectivity index (χ1) is 14.9. The van der Waals surface area contributed by atoms with E-state index in [0.717, 1.165) is 31.3 Å². The summed E-state index contributed by atoms with van der Waals surface area (Å²) >= 11 is 7.07. The molecule has 4 rings (SSSR count). The summed E-state index contributed by atoms with van der Waals surface area (Å²) in [7, 11) is 1.58. The second-order valence-electron chi connectivity index (χ2n) is 6.93. The summed E-state index contributed by atoms with van der Waals surface area (Å²) in [6, 6.07) is 13.8. The van der Waals surface area contributed by atoms with Crippen LogP contribution in [0.15, 0.2) is 56.8 Å². The van der Waals surface area contributed by atoms with Gasteiger partial charge in [-0.05, 0) is 42.3 Å². The van der Waals surface area contributed by atoms with Gasteiger partial charge in [0.2, 0.25) is 11.8 Å². The summed E-state index contributed by atoms with van der Waals surface area (Å²) in [4.78, 5) is 0. The highest BCUT2D eigenvalue weighted by Crippen LogP contribution is 2.47. The van der Waals surface area contributed by atoms with E-state index in [4.69, 9.17) is 19.9 Å². The van der Waals surface area contributed by atoms with Gasteiger partial charge in [-0.25, -0.2) is 0 Å². The molecule has 2 aromatic carbocycles. The molecule has 0 amide bonds. The number of H-pyrrole nitrogens is 1. The maximum atomic E-state index is 9.78. The van der Waals surface area contributed by atoms with Gasteiger partial charge in [0.15, 0.2) is 11.5 Å². The second kappa shape index (κ2) is 8.65. The van der Waals surface area contributed by atoms with Gasteiger partial charge in [-0.2, -0.15) is 5.26 Å². The van der Waals surface area contributed by atoms with Crippen LogP contribution in [0.2, 0.25) is 0 Å². The Hall–Kier alpha value is -2.96. The first kappa shape index (κ1) is 21.3. The van der Waals surface area contributed by atoms with E-state index in [1.807, 2.05) is 43.3 Å². The van der Waals surface area contributed by atoms with Crippen LogP contribution < -0.4 is 19.9 Å². The monoisotopic (exact) mass is 544 g/mol. The predicted octanol–water partition coefficient (Wildman–Crippen LogP) is 5.05. The second-order valence-corrected chi connectivity index (χ2v) is 8.70. The topological polar surface area (TPSA) is 106 Å². The molecule has 0 aliphatic carbocycles. The number of nitrogens with one attached hydrogen (secondary N) is 1. The van der Waals surface area contributed by atoms with Gasteiger partial charge in [0.05, 0.1) is 13.0 Å². The molecule has 2 heterocycles. The summed E-state index contributed by atoms with van der Waals surface area (Å²) in [5.41, 5.74) is 9.70. The van der Waals surface area contributed by atoms with Crippen molar-refractivity contribution in [2.75, 3.05) is 7.11 Å². The Bertz CT molecular complexity index is 1210. The zero-order valence-electron chi connectivity index (χ0n) is 16.7. The number of aromatic amines is 1. The summed E-state index contributed by atoms with van der Waals surface area (Å²) in [5.74, 6) is 1.05. The summed E-state index contributed by atoms with van der Waals surface area (Å²) in [6.07, 6.45) is 0. The Morgan fingerprint density at radius 2 is 1.97 bits per heavy atom. The van der Waals surface area contributed by atoms with Gasteiger partial charge in [0.1, 0.15) is 18.2 Å². The number of aromatic nitrogens is 2. The van der Waals surface area contributed by atoms with Gasteiger partial charge in [-0.3, -0.25) is 5.10 Å². The quantitative estimate of drug-likeness (QED) is 0.464. The van der Waals surface area contributed by atoms with Crippen LogP contribution in [-0.4, -0.2) is 17.3 Å². The summed E-state index contributed by atoms with van der Waals surface area (Å²) < 4.78 is 18.9. The number of rotatable bonds is 5. The minimum Gasteiger partial charge on any atom is -0.493 e. The van der Waals surface area contributed by atoms with Crippen molar-refractivity contribution in [2.24, 2.45) is 5.73 Å². The molecule has 1 aliphatic rings. The van der Waals surface area contributed by atoms with Crippen LogP contribution in [-0.2, 0) is 6.61 Å². The first-order valence-corrected chi connectivity index (χ1v) is 10.9. The van der Waals surface area contributed by atoms with Crippen LogP contribution in [0.1, 0.15) is 28.3 Å². The number of nitrogens with zero attached hydrogens (tertiary/aromatic N) is 2. The Morgan fingerprint density at radius 1 is 1.23 bits per heavy atom. The van der Waals surface area contributed by atoms with Crippen LogP contribution in [0.4, 0.5) is 0 Å². The molecule has 9 heteroatoms. The number of benzene rings is 2. The highest BCUT2D eigenvalue weighted by molar-refractivity contribution is 9.10. The van der Waals surface area contributed by atoms with Crippen LogP contribution in [0.5, 0.6) is 17.4 Å². The number of methoxy groups -OCH3 is 1. The lowest BCUT2D eigenvalue weighted by molar-refractivity contribution is 0.284. The SMILES string of the molecule is COc1cc([C@H]2C(C#N)=C(N)Oc3n[nH]c(C)c32)c(Br)cc1OCc1ccc(Br)cc1. The molecule has 0 unspecified atom stereocenters. The zero-order chi connectivity index (χ0) is 22.1. The van der Waals surface area contributed by atoms with E-state index in [1.165, 1.54) is 0 Å². The maximum absolute atomic E-state index is 9.78. The fraction of sp³-hybridized carbons (Fsp3) is 0.182. The van der Waals surface area contributed by atoms with Crippen molar-refractivity contribution in [1.82, 2.24) is 10.2 Å². The molecule has 0 bridgehead atoms. The molecule has 0 radical (unpaired) electrons. The van der Waals surface area contributed by atoms with Gasteiger partial charge < -0.3 is 19.9 Å². The molecule has 0 saturated carbocycles. The van der Waals surface area contributed by atoms with Gasteiger partial charge in [0.25, 0.3) is 0 Å². The van der Waals surface area contributed by atoms with Crippen LogP contribution >= 0.6 is 31.9 Å². The number of nitriles is 1. The molecule has 1 aliphatic heterocycles. The number of allylic oxidation sites excluding steroid dienone is 1. The standard InChI is InChI=1S/C22H18Br2N4O3/c1-11-19-20(15(9-25)21(26)31-22(19)28-27-11)14-7-17(29-2)18(8-16(14)24)30-10-12-3-5-13(23)6-4-12/h3-8,20H,10,26H2,1-2H3,(H,27,28)/t20-/m0/s1. The van der Waals surface area contributed by atoms with Crippen molar-refractivity contribution in [2.45, 2.75) is 19.4 Å². The van der Waals surface area contributed by atoms with Crippen molar-refractivity contribution >= 4 is 31.9 Å². The van der Waals surface area contributed by atoms with Gasteiger partial charge in [-0.15, -0.1) is 5.10 Å². The largest absolute Gasteiger partial charge is 0.493 e. The Kier molecular flexibility index (Phi) is 5.94. The fourth-order valence-electron chi connectivity index (χ4n) is 3.50. The van der Waals surface area contributed by atoms with Gasteiger partial charge in [0, 0.05) is 20.2 Å². The molecule has 3 N–H and O–H groups in total. The number of hydrogen-bond acceptors (Lipinski definition) is 6. The van der Waals surface area contributed by atoms with E-state index in [2.05, 4.69) is 48.1 Å². The van der Waals surface area contributed by atoms with Crippen molar-refractivity contribution < 1.29 is 14.2 Å². The number of aryl methyl sites for hydroxylation is 1. The molecule has 0 fully saturated rings. The first-order valence-electron chi connectivity index (χ1n) is 9.30. The lowest BCUT2D eigenvalue weighted by atomic mass is 9.84. The molecule has 7 nitrogen and oxygen atoms in total. The number of hydrogen-bond donors (Lipinski definition) is 2. The minimum atomic E-state index is -0.462. The third-order valence-corrected chi connectivity index (χ3v) is 6.25. The fourth-order valence-corrected chi connectivity index (χ4v) is 4.31. The number of nitrogens with two attached hydrogens (primary N) is 1. The summed E-state index contributed by atoms with van der Waals surface area (Å²) in [6.45, 7) is 2.26. The van der Waals surface area contributed by atoms with E-state index >= 15 is 0 Å². The van der Waals surface area contributed by atoms with Crippen molar-refractivity contribution in [1.29, 1.82) is 5.26 Å². The molecule has 31 heavy (non-hydrogen) atoms. The highest BCUT2D eigenvalue weighted by atomic mass is 79.9.